The summed E-state index contributed by atoms with van der Waals surface area (Å²) in [6.07, 6.45) is -0.756. The molecule has 9 heteroatoms. The number of hydrogen-bond acceptors (Lipinski definition) is 2. The molecule has 0 saturated carbocycles. The average Bonchev–Trinajstić information content (AvgIpc) is 2.41. The van der Waals surface area contributed by atoms with Crippen LogP contribution in [-0.2, 0) is 0 Å². The molecule has 0 heterocycles. The molecule has 0 aliphatic carbocycles. The first kappa shape index (κ1) is 17.9. The summed E-state index contributed by atoms with van der Waals surface area (Å²) in [6, 6.07) is 6.74. The van der Waals surface area contributed by atoms with Gasteiger partial charge in [0.25, 0.3) is 0 Å². The highest BCUT2D eigenvalue weighted by molar-refractivity contribution is 6.30. The van der Waals surface area contributed by atoms with Crippen LogP contribution < -0.4 is 0 Å². The Kier molecular flexibility index (Phi) is 13.2. The predicted octanol–water partition coefficient (Wildman–Crippen LogP) is 4.36. The maximum absolute atomic E-state index is 9.43. The SMILES string of the molecule is FF.FF.[N-]=[N+]=NCC(O)c1ccc(Cl)cc1. The molecule has 96 valence electrons. The van der Waals surface area contributed by atoms with E-state index in [-0.39, 0.29) is 6.54 Å². The first-order valence-corrected chi connectivity index (χ1v) is 4.35. The highest BCUT2D eigenvalue weighted by atomic mass is 35.5. The van der Waals surface area contributed by atoms with E-state index in [1.165, 1.54) is 0 Å². The van der Waals surface area contributed by atoms with Gasteiger partial charge in [0.1, 0.15) is 0 Å². The maximum atomic E-state index is 9.43. The van der Waals surface area contributed by atoms with Crippen molar-refractivity contribution in [2.75, 3.05) is 6.54 Å². The molecule has 1 unspecified atom stereocenters. The van der Waals surface area contributed by atoms with E-state index < -0.39 is 6.10 Å². The van der Waals surface area contributed by atoms with Crippen LogP contribution in [0.2, 0.25) is 5.02 Å². The quantitative estimate of drug-likeness (QED) is 0.378. The number of halogens is 5. The third-order valence-electron chi connectivity index (χ3n) is 1.57. The lowest BCUT2D eigenvalue weighted by Gasteiger charge is -2.06. The van der Waals surface area contributed by atoms with E-state index >= 15 is 0 Å². The lowest BCUT2D eigenvalue weighted by molar-refractivity contribution is 0.108. The van der Waals surface area contributed by atoms with E-state index in [4.69, 9.17) is 35.4 Å². The van der Waals surface area contributed by atoms with Gasteiger partial charge in [-0.2, -0.15) is 0 Å². The fraction of sp³-hybridized carbons (Fsp3) is 0.250. The zero-order valence-corrected chi connectivity index (χ0v) is 9.03. The number of rotatable bonds is 3. The van der Waals surface area contributed by atoms with Crippen molar-refractivity contribution in [3.63, 3.8) is 0 Å². The van der Waals surface area contributed by atoms with Crippen LogP contribution in [0, 0.1) is 0 Å². The van der Waals surface area contributed by atoms with Crippen molar-refractivity contribution in [3.8, 4) is 0 Å². The van der Waals surface area contributed by atoms with Crippen LogP contribution in [0.5, 0.6) is 0 Å². The molecule has 1 N–H and O–H groups in total. The molecule has 0 saturated heterocycles. The summed E-state index contributed by atoms with van der Waals surface area (Å²) in [7, 11) is 0. The summed E-state index contributed by atoms with van der Waals surface area (Å²) in [5, 5.41) is 13.3. The second-order valence-corrected chi connectivity index (χ2v) is 2.92. The number of azide groups is 1. The molecule has 0 aliphatic heterocycles. The second-order valence-electron chi connectivity index (χ2n) is 2.48. The van der Waals surface area contributed by atoms with Crippen LogP contribution in [0.15, 0.2) is 29.4 Å². The van der Waals surface area contributed by atoms with Crippen LogP contribution in [0.4, 0.5) is 18.3 Å². The zero-order valence-electron chi connectivity index (χ0n) is 8.27. The van der Waals surface area contributed by atoms with Crippen molar-refractivity contribution in [2.24, 2.45) is 5.11 Å². The topological polar surface area (TPSA) is 69.0 Å². The molecule has 1 aromatic rings. The van der Waals surface area contributed by atoms with Crippen LogP contribution in [0.1, 0.15) is 11.7 Å². The molecule has 0 amide bonds. The second kappa shape index (κ2) is 12.6. The maximum Gasteiger partial charge on any atom is 0.0846 e. The van der Waals surface area contributed by atoms with Gasteiger partial charge >= 0.3 is 0 Å². The Balaban J connectivity index is 0. The van der Waals surface area contributed by atoms with Gasteiger partial charge in [-0.25, -0.2) is 0 Å². The van der Waals surface area contributed by atoms with Gasteiger partial charge in [0.05, 0.1) is 12.6 Å². The average molecular weight is 274 g/mol. The van der Waals surface area contributed by atoms with Crippen molar-refractivity contribution < 1.29 is 23.4 Å². The van der Waals surface area contributed by atoms with Gasteiger partial charge in [-0.15, -0.1) is 0 Å². The smallest absolute Gasteiger partial charge is 0.0846 e. The Hall–Kier alpha value is -1.50. The van der Waals surface area contributed by atoms with Crippen LogP contribution >= 0.6 is 11.6 Å². The molecule has 0 aromatic heterocycles. The van der Waals surface area contributed by atoms with Gasteiger partial charge in [0.15, 0.2) is 0 Å². The van der Waals surface area contributed by atoms with Crippen molar-refractivity contribution >= 4 is 11.6 Å². The fourth-order valence-electron chi connectivity index (χ4n) is 0.904. The van der Waals surface area contributed by atoms with Gasteiger partial charge in [0.2, 0.25) is 0 Å². The number of aliphatic hydroxyl groups is 1. The molecule has 17 heavy (non-hydrogen) atoms. The largest absolute Gasteiger partial charge is 0.388 e. The highest BCUT2D eigenvalue weighted by Gasteiger charge is 2.04. The summed E-state index contributed by atoms with van der Waals surface area (Å²) in [5.41, 5.74) is 8.72. The van der Waals surface area contributed by atoms with E-state index in [1.807, 2.05) is 0 Å². The van der Waals surface area contributed by atoms with Crippen molar-refractivity contribution in [1.29, 1.82) is 0 Å². The molecule has 0 spiro atoms. The number of nitrogens with zero attached hydrogens (tertiary/aromatic N) is 3. The Bertz CT molecular complexity index is 332. The van der Waals surface area contributed by atoms with E-state index in [0.717, 1.165) is 0 Å². The molecule has 4 nitrogen and oxygen atoms in total. The van der Waals surface area contributed by atoms with Crippen LogP contribution in [0.3, 0.4) is 0 Å². The van der Waals surface area contributed by atoms with Crippen LogP contribution in [-0.4, -0.2) is 11.7 Å². The molecule has 0 fully saturated rings. The van der Waals surface area contributed by atoms with E-state index in [2.05, 4.69) is 10.0 Å². The summed E-state index contributed by atoms with van der Waals surface area (Å²) in [4.78, 5) is 2.56. The minimum atomic E-state index is -0.756. The number of aliphatic hydroxyl groups excluding tert-OH is 1. The van der Waals surface area contributed by atoms with Gasteiger partial charge in [-0.1, -0.05) is 28.8 Å². The standard InChI is InChI=1S/C8H8ClN3O.2F2/c9-7-3-1-6(2-4-7)8(13)5-11-12-10;2*1-2/h1-4,8,13H,5H2;;. The zero-order chi connectivity index (χ0) is 13.7. The Morgan fingerprint density at radius 1 is 1.24 bits per heavy atom. The summed E-state index contributed by atoms with van der Waals surface area (Å²) in [6.45, 7) is 0.0398. The third-order valence-corrected chi connectivity index (χ3v) is 1.82. The summed E-state index contributed by atoms with van der Waals surface area (Å²) < 4.78 is 32.0. The van der Waals surface area contributed by atoms with Crippen LogP contribution in [0.25, 0.3) is 10.4 Å². The molecule has 0 bridgehead atoms. The van der Waals surface area contributed by atoms with Gasteiger partial charge in [-0.05, 0) is 23.2 Å². The van der Waals surface area contributed by atoms with Gasteiger partial charge in [-0.3, -0.25) is 0 Å². The molecule has 1 aromatic carbocycles. The lowest BCUT2D eigenvalue weighted by atomic mass is 10.1. The predicted molar refractivity (Wildman–Crippen MR) is 54.9 cm³/mol. The molecule has 1 atom stereocenters. The van der Waals surface area contributed by atoms with Crippen molar-refractivity contribution in [2.45, 2.75) is 6.10 Å². The summed E-state index contributed by atoms with van der Waals surface area (Å²) in [5.74, 6) is 0. The van der Waals surface area contributed by atoms with E-state index in [9.17, 15) is 5.11 Å². The molecular weight excluding hydrogens is 266 g/mol. The normalized spacial score (nSPS) is 9.76. The lowest BCUT2D eigenvalue weighted by Crippen LogP contribution is -1.99. The number of benzene rings is 1. The van der Waals surface area contributed by atoms with Gasteiger partial charge < -0.3 is 5.11 Å². The highest BCUT2D eigenvalue weighted by Crippen LogP contribution is 2.16. The van der Waals surface area contributed by atoms with E-state index in [1.54, 1.807) is 24.3 Å². The first-order valence-electron chi connectivity index (χ1n) is 3.97. The Morgan fingerprint density at radius 2 is 1.71 bits per heavy atom. The Morgan fingerprint density at radius 3 is 2.12 bits per heavy atom. The molecule has 0 aliphatic rings. The monoisotopic (exact) mass is 273 g/mol. The van der Waals surface area contributed by atoms with E-state index in [0.29, 0.717) is 10.6 Å². The van der Waals surface area contributed by atoms with Crippen molar-refractivity contribution in [1.82, 2.24) is 0 Å². The molecule has 1 rings (SSSR count). The number of hydrogen-bond donors (Lipinski definition) is 1. The third kappa shape index (κ3) is 8.32. The molecular formula is C8H8ClF4N3O. The Labute approximate surface area is 98.8 Å². The summed E-state index contributed by atoms with van der Waals surface area (Å²) >= 11 is 5.66. The first-order chi connectivity index (χ1) is 8.24. The molecule has 0 radical (unpaired) electrons. The minimum Gasteiger partial charge on any atom is -0.388 e. The van der Waals surface area contributed by atoms with Gasteiger partial charge in [0, 0.05) is 28.2 Å². The fourth-order valence-corrected chi connectivity index (χ4v) is 1.03. The minimum absolute atomic E-state index is 0.0398. The van der Waals surface area contributed by atoms with Crippen molar-refractivity contribution in [3.05, 3.63) is 45.3 Å².